The fraction of sp³-hybridized carbons (Fsp3) is 0.318. The molecule has 28 heavy (non-hydrogen) atoms. The van der Waals surface area contributed by atoms with Gasteiger partial charge in [-0.1, -0.05) is 49.1 Å². The van der Waals surface area contributed by atoms with Gasteiger partial charge < -0.3 is 0 Å². The van der Waals surface area contributed by atoms with E-state index in [1.54, 1.807) is 0 Å². The summed E-state index contributed by atoms with van der Waals surface area (Å²) in [5.41, 5.74) is 1.83. The zero-order valence-corrected chi connectivity index (χ0v) is 17.3. The van der Waals surface area contributed by atoms with Crippen molar-refractivity contribution in [3.8, 4) is 0 Å². The van der Waals surface area contributed by atoms with Crippen LogP contribution < -0.4 is 0 Å². The molecule has 1 amide bonds. The molecule has 1 saturated heterocycles. The SMILES string of the molecule is Cc1cccc(/N=C2/S/C(=C\c3cccc(Cl)c3)C(=O)N2C2CCCCC2)n1. The highest BCUT2D eigenvalue weighted by atomic mass is 35.5. The third-order valence-electron chi connectivity index (χ3n) is 5.01. The molecule has 144 valence electrons. The van der Waals surface area contributed by atoms with Crippen LogP contribution in [0.2, 0.25) is 5.02 Å². The molecule has 0 atom stereocenters. The molecular weight excluding hydrogens is 390 g/mol. The molecule has 0 N–H and O–H groups in total. The fourth-order valence-electron chi connectivity index (χ4n) is 3.66. The van der Waals surface area contributed by atoms with Crippen LogP contribution in [-0.2, 0) is 4.79 Å². The average Bonchev–Trinajstić information content (AvgIpc) is 2.97. The van der Waals surface area contributed by atoms with Gasteiger partial charge in [-0.15, -0.1) is 0 Å². The molecule has 0 unspecified atom stereocenters. The predicted octanol–water partition coefficient (Wildman–Crippen LogP) is 5.98. The van der Waals surface area contributed by atoms with E-state index in [9.17, 15) is 4.79 Å². The molecule has 0 radical (unpaired) electrons. The number of carbonyl (C=O) groups excluding carboxylic acids is 1. The van der Waals surface area contributed by atoms with Crippen LogP contribution in [-0.4, -0.2) is 27.0 Å². The molecular formula is C22H22ClN3OS. The van der Waals surface area contributed by atoms with Gasteiger partial charge in [0.1, 0.15) is 0 Å². The van der Waals surface area contributed by atoms with Crippen molar-refractivity contribution in [3.63, 3.8) is 0 Å². The molecule has 1 saturated carbocycles. The minimum atomic E-state index is 0.0308. The molecule has 1 aromatic heterocycles. The van der Waals surface area contributed by atoms with E-state index >= 15 is 0 Å². The lowest BCUT2D eigenvalue weighted by atomic mass is 9.94. The zero-order chi connectivity index (χ0) is 19.5. The Hall–Kier alpha value is -2.11. The van der Waals surface area contributed by atoms with Crippen LogP contribution in [0.5, 0.6) is 0 Å². The van der Waals surface area contributed by atoms with Crippen molar-refractivity contribution in [2.24, 2.45) is 4.99 Å². The van der Waals surface area contributed by atoms with Crippen molar-refractivity contribution in [1.29, 1.82) is 0 Å². The molecule has 1 aliphatic heterocycles. The average molecular weight is 412 g/mol. The van der Waals surface area contributed by atoms with Gasteiger partial charge in [-0.2, -0.15) is 0 Å². The molecule has 2 heterocycles. The number of rotatable bonds is 3. The minimum Gasteiger partial charge on any atom is -0.283 e. The van der Waals surface area contributed by atoms with Gasteiger partial charge in [0, 0.05) is 16.8 Å². The quantitative estimate of drug-likeness (QED) is 0.583. The number of aliphatic imine (C=N–C) groups is 1. The van der Waals surface area contributed by atoms with Gasteiger partial charge >= 0.3 is 0 Å². The summed E-state index contributed by atoms with van der Waals surface area (Å²) >= 11 is 7.53. The molecule has 2 fully saturated rings. The van der Waals surface area contributed by atoms with E-state index in [1.165, 1.54) is 18.2 Å². The Labute approximate surface area is 174 Å². The molecule has 1 aliphatic carbocycles. The Morgan fingerprint density at radius 2 is 1.96 bits per heavy atom. The summed E-state index contributed by atoms with van der Waals surface area (Å²) in [4.78, 5) is 25.1. The summed E-state index contributed by atoms with van der Waals surface area (Å²) < 4.78 is 0. The normalized spacial score (nSPS) is 21.1. The summed E-state index contributed by atoms with van der Waals surface area (Å²) in [6.07, 6.45) is 7.50. The molecule has 4 rings (SSSR count). The van der Waals surface area contributed by atoms with Crippen molar-refractivity contribution in [1.82, 2.24) is 9.88 Å². The van der Waals surface area contributed by atoms with Crippen molar-refractivity contribution in [2.75, 3.05) is 0 Å². The van der Waals surface area contributed by atoms with Crippen LogP contribution in [0.4, 0.5) is 5.82 Å². The van der Waals surface area contributed by atoms with Gasteiger partial charge in [-0.3, -0.25) is 9.69 Å². The van der Waals surface area contributed by atoms with Crippen LogP contribution in [0.15, 0.2) is 52.4 Å². The van der Waals surface area contributed by atoms with E-state index in [-0.39, 0.29) is 11.9 Å². The van der Waals surface area contributed by atoms with Gasteiger partial charge in [0.15, 0.2) is 11.0 Å². The number of benzene rings is 1. The second-order valence-corrected chi connectivity index (χ2v) is 8.61. The number of amidine groups is 1. The van der Waals surface area contributed by atoms with Crippen LogP contribution in [0.1, 0.15) is 43.4 Å². The van der Waals surface area contributed by atoms with E-state index in [2.05, 4.69) is 4.98 Å². The highest BCUT2D eigenvalue weighted by Gasteiger charge is 2.38. The standard InChI is InChI=1S/C22H22ClN3OS/c1-15-7-5-12-20(24-15)25-22-26(18-10-3-2-4-11-18)21(27)19(28-22)14-16-8-6-9-17(23)13-16/h5-9,12-14,18H,2-4,10-11H2,1H3/b19-14-,25-22+. The number of hydrogen-bond acceptors (Lipinski definition) is 4. The number of pyridine rings is 1. The van der Waals surface area contributed by atoms with E-state index in [0.29, 0.717) is 15.7 Å². The first kappa shape index (κ1) is 19.2. The lowest BCUT2D eigenvalue weighted by Crippen LogP contribution is -2.40. The first-order valence-electron chi connectivity index (χ1n) is 9.61. The molecule has 1 aromatic carbocycles. The molecule has 0 spiro atoms. The maximum absolute atomic E-state index is 13.3. The highest BCUT2D eigenvalue weighted by molar-refractivity contribution is 8.18. The topological polar surface area (TPSA) is 45.6 Å². The summed E-state index contributed by atoms with van der Waals surface area (Å²) in [5.74, 6) is 0.670. The first-order chi connectivity index (χ1) is 13.6. The van der Waals surface area contributed by atoms with Gasteiger partial charge in [-0.05, 0) is 67.4 Å². The third-order valence-corrected chi connectivity index (χ3v) is 6.23. The molecule has 0 bridgehead atoms. The van der Waals surface area contributed by atoms with Crippen molar-refractivity contribution < 1.29 is 4.79 Å². The van der Waals surface area contributed by atoms with Gasteiger partial charge in [0.05, 0.1) is 4.91 Å². The third kappa shape index (κ3) is 4.31. The van der Waals surface area contributed by atoms with Gasteiger partial charge in [-0.25, -0.2) is 9.98 Å². The monoisotopic (exact) mass is 411 g/mol. The van der Waals surface area contributed by atoms with Crippen LogP contribution >= 0.6 is 23.4 Å². The second-order valence-electron chi connectivity index (χ2n) is 7.16. The first-order valence-corrected chi connectivity index (χ1v) is 10.8. The minimum absolute atomic E-state index is 0.0308. The van der Waals surface area contributed by atoms with Crippen LogP contribution in [0, 0.1) is 6.92 Å². The van der Waals surface area contributed by atoms with Crippen molar-refractivity contribution in [2.45, 2.75) is 45.1 Å². The molecule has 6 heteroatoms. The lowest BCUT2D eigenvalue weighted by molar-refractivity contribution is -0.124. The number of aryl methyl sites for hydroxylation is 1. The number of thioether (sulfide) groups is 1. The summed E-state index contributed by atoms with van der Waals surface area (Å²) in [5, 5.41) is 1.38. The Balaban J connectivity index is 1.71. The molecule has 4 nitrogen and oxygen atoms in total. The maximum Gasteiger partial charge on any atom is 0.267 e. The predicted molar refractivity (Wildman–Crippen MR) is 117 cm³/mol. The Morgan fingerprint density at radius 1 is 1.18 bits per heavy atom. The second kappa shape index (κ2) is 8.50. The lowest BCUT2D eigenvalue weighted by Gasteiger charge is -2.30. The highest BCUT2D eigenvalue weighted by Crippen LogP contribution is 2.38. The molecule has 2 aliphatic rings. The summed E-state index contributed by atoms with van der Waals surface area (Å²) in [6, 6.07) is 13.5. The van der Waals surface area contributed by atoms with E-state index in [0.717, 1.165) is 42.1 Å². The van der Waals surface area contributed by atoms with E-state index in [1.807, 2.05) is 60.4 Å². The summed E-state index contributed by atoms with van der Waals surface area (Å²) in [7, 11) is 0. The number of amides is 1. The van der Waals surface area contributed by atoms with Crippen molar-refractivity contribution >= 4 is 46.3 Å². The maximum atomic E-state index is 13.3. The number of carbonyl (C=O) groups is 1. The molecule has 2 aromatic rings. The Bertz CT molecular complexity index is 950. The zero-order valence-electron chi connectivity index (χ0n) is 15.8. The van der Waals surface area contributed by atoms with E-state index in [4.69, 9.17) is 16.6 Å². The largest absolute Gasteiger partial charge is 0.283 e. The van der Waals surface area contributed by atoms with Crippen molar-refractivity contribution in [3.05, 3.63) is 63.6 Å². The van der Waals surface area contributed by atoms with Crippen LogP contribution in [0.25, 0.3) is 6.08 Å². The number of aromatic nitrogens is 1. The Kier molecular flexibility index (Phi) is 5.83. The Morgan fingerprint density at radius 3 is 2.71 bits per heavy atom. The number of halogens is 1. The number of nitrogens with zero attached hydrogens (tertiary/aromatic N) is 3. The van der Waals surface area contributed by atoms with Gasteiger partial charge in [0.25, 0.3) is 5.91 Å². The van der Waals surface area contributed by atoms with Gasteiger partial charge in [0.2, 0.25) is 0 Å². The smallest absolute Gasteiger partial charge is 0.267 e. The van der Waals surface area contributed by atoms with E-state index < -0.39 is 0 Å². The van der Waals surface area contributed by atoms with Crippen LogP contribution in [0.3, 0.4) is 0 Å². The number of hydrogen-bond donors (Lipinski definition) is 0. The summed E-state index contributed by atoms with van der Waals surface area (Å²) in [6.45, 7) is 1.94. The fourth-order valence-corrected chi connectivity index (χ4v) is 4.91.